The molecule has 0 spiro atoms. The van der Waals surface area contributed by atoms with Gasteiger partial charge < -0.3 is 19.9 Å². The van der Waals surface area contributed by atoms with Gasteiger partial charge in [-0.1, -0.05) is 13.8 Å². The minimum atomic E-state index is -5.08. The second kappa shape index (κ2) is 11.8. The van der Waals surface area contributed by atoms with E-state index in [0.717, 1.165) is 25.7 Å². The van der Waals surface area contributed by atoms with E-state index in [1.165, 1.54) is 29.3 Å². The number of halogens is 3. The molecular formula is C25H28F3N3O6S. The van der Waals surface area contributed by atoms with E-state index in [0.29, 0.717) is 22.3 Å². The van der Waals surface area contributed by atoms with E-state index in [4.69, 9.17) is 19.4 Å². The van der Waals surface area contributed by atoms with Gasteiger partial charge in [-0.05, 0) is 54.8 Å². The summed E-state index contributed by atoms with van der Waals surface area (Å²) >= 11 is 1.72. The maximum atomic E-state index is 13.4. The normalized spacial score (nSPS) is 14.6. The van der Waals surface area contributed by atoms with Crippen molar-refractivity contribution in [1.29, 1.82) is 0 Å². The van der Waals surface area contributed by atoms with Gasteiger partial charge in [-0.25, -0.2) is 9.48 Å². The molecule has 2 heterocycles. The summed E-state index contributed by atoms with van der Waals surface area (Å²) in [7, 11) is 3.05. The number of hydrogen-bond acceptors (Lipinski definition) is 7. The molecule has 1 aliphatic carbocycles. The van der Waals surface area contributed by atoms with Crippen molar-refractivity contribution in [1.82, 2.24) is 15.1 Å². The van der Waals surface area contributed by atoms with E-state index in [2.05, 4.69) is 21.9 Å². The maximum absolute atomic E-state index is 13.4. The molecule has 2 aromatic heterocycles. The number of ether oxygens (including phenoxy) is 2. The number of nitrogens with zero attached hydrogens (tertiary/aromatic N) is 2. The Labute approximate surface area is 220 Å². The quantitative estimate of drug-likeness (QED) is 0.426. The fourth-order valence-corrected chi connectivity index (χ4v) is 5.26. The van der Waals surface area contributed by atoms with Gasteiger partial charge in [-0.15, -0.1) is 11.3 Å². The van der Waals surface area contributed by atoms with Crippen LogP contribution in [0.3, 0.4) is 0 Å². The van der Waals surface area contributed by atoms with E-state index in [9.17, 15) is 22.8 Å². The van der Waals surface area contributed by atoms with Crippen molar-refractivity contribution >= 4 is 34.0 Å². The van der Waals surface area contributed by atoms with E-state index < -0.39 is 12.1 Å². The molecule has 1 amide bonds. The zero-order valence-corrected chi connectivity index (χ0v) is 22.0. The molecule has 1 atom stereocenters. The van der Waals surface area contributed by atoms with E-state index >= 15 is 0 Å². The van der Waals surface area contributed by atoms with Crippen LogP contribution in [0.15, 0.2) is 28.4 Å². The third kappa shape index (κ3) is 5.93. The van der Waals surface area contributed by atoms with Crippen LogP contribution in [0.1, 0.15) is 66.1 Å². The topological polar surface area (TPSA) is 120 Å². The number of methoxy groups -OCH3 is 2. The van der Waals surface area contributed by atoms with Gasteiger partial charge in [0, 0.05) is 10.3 Å². The van der Waals surface area contributed by atoms with Gasteiger partial charge in [-0.3, -0.25) is 9.59 Å². The molecule has 1 aliphatic rings. The van der Waals surface area contributed by atoms with Crippen LogP contribution in [0.25, 0.3) is 10.8 Å². The number of aliphatic carboxylic acids is 1. The molecule has 0 aliphatic heterocycles. The SMILES string of the molecule is CCC(CC)n1nc(C(=O)NC2CCc3sccc32)c2cc(OC)c(OC)cc2c1=O.O=C(O)C(F)(F)F. The van der Waals surface area contributed by atoms with Crippen molar-refractivity contribution < 1.29 is 37.3 Å². The number of nitrogens with one attached hydrogen (secondary N) is 1. The second-order valence-electron chi connectivity index (χ2n) is 8.49. The average molecular weight is 556 g/mol. The monoisotopic (exact) mass is 555 g/mol. The fraction of sp³-hybridized carbons (Fsp3) is 0.440. The Hall–Kier alpha value is -3.61. The van der Waals surface area contributed by atoms with Crippen LogP contribution in [0.2, 0.25) is 0 Å². The molecule has 13 heteroatoms. The van der Waals surface area contributed by atoms with Gasteiger partial charge in [0.2, 0.25) is 0 Å². The summed E-state index contributed by atoms with van der Waals surface area (Å²) in [5.74, 6) is -2.15. The molecule has 0 bridgehead atoms. The standard InChI is InChI=1S/C23H27N3O4S.C2HF3O2/c1-5-13(6-2)26-23(28)16-12-19(30-4)18(29-3)11-15(16)21(25-26)22(27)24-17-7-8-20-14(17)9-10-31-20;3-2(4,5)1(6)7/h9-13,17H,5-8H2,1-4H3,(H,24,27);(H,6,7). The number of alkyl halides is 3. The highest BCUT2D eigenvalue weighted by atomic mass is 32.1. The number of rotatable bonds is 7. The maximum Gasteiger partial charge on any atom is 0.490 e. The van der Waals surface area contributed by atoms with Crippen molar-refractivity contribution in [2.75, 3.05) is 14.2 Å². The van der Waals surface area contributed by atoms with Crippen molar-refractivity contribution in [3.63, 3.8) is 0 Å². The third-order valence-electron chi connectivity index (χ3n) is 6.29. The predicted octanol–water partition coefficient (Wildman–Crippen LogP) is 4.89. The third-order valence-corrected chi connectivity index (χ3v) is 7.29. The molecule has 2 N–H and O–H groups in total. The van der Waals surface area contributed by atoms with Crippen LogP contribution in [-0.2, 0) is 11.2 Å². The molecule has 1 aromatic carbocycles. The van der Waals surface area contributed by atoms with Gasteiger partial charge in [-0.2, -0.15) is 18.3 Å². The van der Waals surface area contributed by atoms with Gasteiger partial charge in [0.25, 0.3) is 11.5 Å². The molecule has 38 heavy (non-hydrogen) atoms. The lowest BCUT2D eigenvalue weighted by atomic mass is 10.1. The zero-order chi connectivity index (χ0) is 28.2. The van der Waals surface area contributed by atoms with E-state index in [-0.39, 0.29) is 29.2 Å². The first kappa shape index (κ1) is 29.0. The van der Waals surface area contributed by atoms with E-state index in [1.807, 2.05) is 13.8 Å². The van der Waals surface area contributed by atoms with Crippen molar-refractivity contribution in [2.24, 2.45) is 0 Å². The second-order valence-corrected chi connectivity index (χ2v) is 9.49. The molecule has 0 saturated heterocycles. The lowest BCUT2D eigenvalue weighted by Crippen LogP contribution is -2.33. The summed E-state index contributed by atoms with van der Waals surface area (Å²) in [6.07, 6.45) is -1.77. The fourth-order valence-electron chi connectivity index (χ4n) is 4.30. The van der Waals surface area contributed by atoms with Crippen molar-refractivity contribution in [3.8, 4) is 11.5 Å². The smallest absolute Gasteiger partial charge is 0.490 e. The van der Waals surface area contributed by atoms with Crippen molar-refractivity contribution in [2.45, 2.75) is 57.8 Å². The molecule has 4 rings (SSSR count). The van der Waals surface area contributed by atoms with Crippen LogP contribution in [0, 0.1) is 0 Å². The zero-order valence-electron chi connectivity index (χ0n) is 21.2. The lowest BCUT2D eigenvalue weighted by Gasteiger charge is -2.19. The minimum absolute atomic E-state index is 0.0423. The number of carbonyl (C=O) groups is 2. The number of carboxylic acids is 1. The van der Waals surface area contributed by atoms with Gasteiger partial charge >= 0.3 is 12.1 Å². The number of amides is 1. The number of aryl methyl sites for hydroxylation is 1. The first-order valence-electron chi connectivity index (χ1n) is 11.8. The molecule has 0 fully saturated rings. The van der Waals surface area contributed by atoms with Crippen LogP contribution in [-0.4, -0.2) is 47.2 Å². The average Bonchev–Trinajstić information content (AvgIpc) is 3.50. The Morgan fingerprint density at radius 3 is 2.29 bits per heavy atom. The van der Waals surface area contributed by atoms with Gasteiger partial charge in [0.05, 0.1) is 31.7 Å². The molecule has 206 valence electrons. The molecule has 3 aromatic rings. The first-order valence-corrected chi connectivity index (χ1v) is 12.7. The first-order chi connectivity index (χ1) is 18.0. The Bertz CT molecular complexity index is 1380. The summed E-state index contributed by atoms with van der Waals surface area (Å²) in [4.78, 5) is 36.9. The number of fused-ring (bicyclic) bond motifs is 2. The Morgan fingerprint density at radius 1 is 1.18 bits per heavy atom. The summed E-state index contributed by atoms with van der Waals surface area (Å²) in [6.45, 7) is 4.02. The molecule has 0 saturated carbocycles. The molecule has 0 radical (unpaired) electrons. The van der Waals surface area contributed by atoms with Gasteiger partial charge in [0.1, 0.15) is 0 Å². The summed E-state index contributed by atoms with van der Waals surface area (Å²) < 4.78 is 44.0. The van der Waals surface area contributed by atoms with Crippen LogP contribution >= 0.6 is 11.3 Å². The summed E-state index contributed by atoms with van der Waals surface area (Å²) in [5.41, 5.74) is 1.17. The highest BCUT2D eigenvalue weighted by Crippen LogP contribution is 2.36. The number of carboxylic acid groups (broad SMARTS) is 1. The molecule has 1 unspecified atom stereocenters. The lowest BCUT2D eigenvalue weighted by molar-refractivity contribution is -0.192. The number of carbonyl (C=O) groups excluding carboxylic acids is 1. The predicted molar refractivity (Wildman–Crippen MR) is 135 cm³/mol. The largest absolute Gasteiger partial charge is 0.493 e. The van der Waals surface area contributed by atoms with Crippen LogP contribution in [0.4, 0.5) is 13.2 Å². The Kier molecular flexibility index (Phi) is 9.02. The Morgan fingerprint density at radius 2 is 1.76 bits per heavy atom. The number of thiophene rings is 1. The number of aromatic nitrogens is 2. The Balaban J connectivity index is 0.000000505. The minimum Gasteiger partial charge on any atom is -0.493 e. The van der Waals surface area contributed by atoms with Crippen molar-refractivity contribution in [3.05, 3.63) is 50.1 Å². The highest BCUT2D eigenvalue weighted by molar-refractivity contribution is 7.10. The highest BCUT2D eigenvalue weighted by Gasteiger charge is 2.38. The number of hydrogen-bond donors (Lipinski definition) is 2. The van der Waals surface area contributed by atoms with Crippen LogP contribution < -0.4 is 20.3 Å². The molecule has 9 nitrogen and oxygen atoms in total. The summed E-state index contributed by atoms with van der Waals surface area (Å²) in [5, 5.41) is 17.7. The summed E-state index contributed by atoms with van der Waals surface area (Å²) in [6, 6.07) is 5.24. The van der Waals surface area contributed by atoms with E-state index in [1.54, 1.807) is 23.5 Å². The van der Waals surface area contributed by atoms with Gasteiger partial charge in [0.15, 0.2) is 17.2 Å². The number of benzene rings is 1. The van der Waals surface area contributed by atoms with Crippen LogP contribution in [0.5, 0.6) is 11.5 Å². The molecular weight excluding hydrogens is 527 g/mol.